The number of phenols is 1. The van der Waals surface area contributed by atoms with Crippen molar-refractivity contribution in [1.82, 2.24) is 5.32 Å². The van der Waals surface area contributed by atoms with E-state index in [1.165, 1.54) is 11.1 Å². The molecule has 20 heavy (non-hydrogen) atoms. The predicted octanol–water partition coefficient (Wildman–Crippen LogP) is 3.56. The highest BCUT2D eigenvalue weighted by Gasteiger charge is 2.07. The number of aryl methyl sites for hydroxylation is 1. The van der Waals surface area contributed by atoms with Crippen molar-refractivity contribution in [3.8, 4) is 11.5 Å². The van der Waals surface area contributed by atoms with Crippen LogP contribution in [-0.4, -0.2) is 12.2 Å². The number of methoxy groups -OCH3 is 1. The molecule has 0 saturated carbocycles. The number of hydrogen-bond acceptors (Lipinski definition) is 3. The Kier molecular flexibility index (Phi) is 4.64. The molecule has 0 saturated heterocycles. The summed E-state index contributed by atoms with van der Waals surface area (Å²) in [4.78, 5) is 0. The molecule has 0 aromatic heterocycles. The van der Waals surface area contributed by atoms with Crippen LogP contribution in [0.1, 0.15) is 29.7 Å². The maximum atomic E-state index is 9.93. The molecule has 0 spiro atoms. The summed E-state index contributed by atoms with van der Waals surface area (Å²) >= 11 is 0. The highest BCUT2D eigenvalue weighted by molar-refractivity contribution is 5.39. The van der Waals surface area contributed by atoms with Gasteiger partial charge in [0, 0.05) is 24.2 Å². The van der Waals surface area contributed by atoms with Crippen LogP contribution in [0.3, 0.4) is 0 Å². The van der Waals surface area contributed by atoms with Crippen LogP contribution < -0.4 is 10.1 Å². The minimum absolute atomic E-state index is 0.233. The second kappa shape index (κ2) is 6.44. The molecule has 2 N–H and O–H groups in total. The van der Waals surface area contributed by atoms with E-state index in [0.29, 0.717) is 12.3 Å². The summed E-state index contributed by atoms with van der Waals surface area (Å²) in [7, 11) is 1.59. The lowest BCUT2D eigenvalue weighted by Gasteiger charge is -2.15. The lowest BCUT2D eigenvalue weighted by atomic mass is 10.1. The predicted molar refractivity (Wildman–Crippen MR) is 81.1 cm³/mol. The smallest absolute Gasteiger partial charge is 0.123 e. The molecule has 3 heteroatoms. The number of rotatable bonds is 5. The molecule has 0 radical (unpaired) electrons. The van der Waals surface area contributed by atoms with Crippen molar-refractivity contribution in [2.45, 2.75) is 26.4 Å². The number of benzene rings is 2. The topological polar surface area (TPSA) is 41.5 Å². The fourth-order valence-corrected chi connectivity index (χ4v) is 2.14. The van der Waals surface area contributed by atoms with Crippen LogP contribution in [0.2, 0.25) is 0 Å². The van der Waals surface area contributed by atoms with Crippen molar-refractivity contribution in [3.05, 3.63) is 59.2 Å². The number of nitrogens with one attached hydrogen (secondary N) is 1. The molecule has 2 aromatic carbocycles. The summed E-state index contributed by atoms with van der Waals surface area (Å²) < 4.78 is 5.08. The maximum absolute atomic E-state index is 9.93. The first kappa shape index (κ1) is 14.4. The second-order valence-electron chi connectivity index (χ2n) is 5.01. The van der Waals surface area contributed by atoms with Gasteiger partial charge in [-0.1, -0.05) is 35.9 Å². The number of phenolic OH excluding ortho intramolecular Hbond substituents is 1. The van der Waals surface area contributed by atoms with E-state index in [0.717, 1.165) is 5.56 Å². The van der Waals surface area contributed by atoms with E-state index in [1.54, 1.807) is 13.2 Å². The second-order valence-corrected chi connectivity index (χ2v) is 5.01. The normalized spacial score (nSPS) is 12.2. The molecule has 0 aliphatic carbocycles. The summed E-state index contributed by atoms with van der Waals surface area (Å²) in [6.45, 7) is 4.83. The SMILES string of the molecule is COc1ccc(CN[C@@H](C)c2cccc(C)c2)c(O)c1. The Labute approximate surface area is 120 Å². The zero-order valence-electron chi connectivity index (χ0n) is 12.2. The highest BCUT2D eigenvalue weighted by atomic mass is 16.5. The van der Waals surface area contributed by atoms with Gasteiger partial charge in [-0.05, 0) is 25.5 Å². The largest absolute Gasteiger partial charge is 0.507 e. The molecule has 2 rings (SSSR count). The minimum Gasteiger partial charge on any atom is -0.507 e. The molecule has 0 aliphatic heterocycles. The number of ether oxygens (including phenoxy) is 1. The summed E-state index contributed by atoms with van der Waals surface area (Å²) in [5.41, 5.74) is 3.37. The Hall–Kier alpha value is -2.00. The molecular formula is C17H21NO2. The van der Waals surface area contributed by atoms with E-state index in [1.807, 2.05) is 12.1 Å². The standard InChI is InChI=1S/C17H21NO2/c1-12-5-4-6-14(9-12)13(2)18-11-15-7-8-16(20-3)10-17(15)19/h4-10,13,18-19H,11H2,1-3H3/t13-/m0/s1. The van der Waals surface area contributed by atoms with Crippen LogP contribution in [0.5, 0.6) is 11.5 Å². The van der Waals surface area contributed by atoms with Crippen LogP contribution in [0.4, 0.5) is 0 Å². The van der Waals surface area contributed by atoms with Crippen molar-refractivity contribution in [1.29, 1.82) is 0 Å². The third-order valence-electron chi connectivity index (χ3n) is 3.43. The Morgan fingerprint density at radius 2 is 2.00 bits per heavy atom. The van der Waals surface area contributed by atoms with Crippen LogP contribution in [0, 0.1) is 6.92 Å². The molecule has 2 aromatic rings. The molecule has 0 aliphatic rings. The summed E-state index contributed by atoms with van der Waals surface area (Å²) in [6, 6.07) is 14.0. The van der Waals surface area contributed by atoms with Gasteiger partial charge in [-0.2, -0.15) is 0 Å². The van der Waals surface area contributed by atoms with E-state index in [-0.39, 0.29) is 11.8 Å². The average molecular weight is 271 g/mol. The van der Waals surface area contributed by atoms with Gasteiger partial charge in [0.05, 0.1) is 7.11 Å². The molecule has 0 amide bonds. The molecule has 1 atom stereocenters. The van der Waals surface area contributed by atoms with Crippen molar-refractivity contribution in [2.75, 3.05) is 7.11 Å². The van der Waals surface area contributed by atoms with Crippen molar-refractivity contribution >= 4 is 0 Å². The molecular weight excluding hydrogens is 250 g/mol. The highest BCUT2D eigenvalue weighted by Crippen LogP contribution is 2.24. The van der Waals surface area contributed by atoms with Gasteiger partial charge in [-0.15, -0.1) is 0 Å². The molecule has 3 nitrogen and oxygen atoms in total. The Morgan fingerprint density at radius 1 is 1.20 bits per heavy atom. The van der Waals surface area contributed by atoms with Gasteiger partial charge in [-0.3, -0.25) is 0 Å². The summed E-state index contributed by atoms with van der Waals surface area (Å²) in [6.07, 6.45) is 0. The molecule has 0 heterocycles. The van der Waals surface area contributed by atoms with Gasteiger partial charge >= 0.3 is 0 Å². The summed E-state index contributed by atoms with van der Waals surface area (Å²) in [5.74, 6) is 0.922. The zero-order valence-corrected chi connectivity index (χ0v) is 12.2. The third kappa shape index (κ3) is 3.52. The third-order valence-corrected chi connectivity index (χ3v) is 3.43. The first-order valence-corrected chi connectivity index (χ1v) is 6.76. The lowest BCUT2D eigenvalue weighted by molar-refractivity contribution is 0.405. The van der Waals surface area contributed by atoms with Gasteiger partial charge < -0.3 is 15.2 Å². The van der Waals surface area contributed by atoms with Gasteiger partial charge in [0.25, 0.3) is 0 Å². The van der Waals surface area contributed by atoms with Crippen molar-refractivity contribution in [3.63, 3.8) is 0 Å². The Balaban J connectivity index is 2.01. The molecule has 106 valence electrons. The fourth-order valence-electron chi connectivity index (χ4n) is 2.14. The molecule has 0 bridgehead atoms. The number of aromatic hydroxyl groups is 1. The molecule has 0 unspecified atom stereocenters. The quantitative estimate of drug-likeness (QED) is 0.873. The van der Waals surface area contributed by atoms with E-state index < -0.39 is 0 Å². The van der Waals surface area contributed by atoms with Gasteiger partial charge in [0.15, 0.2) is 0 Å². The van der Waals surface area contributed by atoms with Gasteiger partial charge in [0.1, 0.15) is 11.5 Å². The van der Waals surface area contributed by atoms with Crippen molar-refractivity contribution in [2.24, 2.45) is 0 Å². The monoisotopic (exact) mass is 271 g/mol. The van der Waals surface area contributed by atoms with Gasteiger partial charge in [0.2, 0.25) is 0 Å². The van der Waals surface area contributed by atoms with E-state index >= 15 is 0 Å². The zero-order chi connectivity index (χ0) is 14.5. The Bertz CT molecular complexity index is 581. The van der Waals surface area contributed by atoms with Crippen LogP contribution in [0.15, 0.2) is 42.5 Å². The first-order valence-electron chi connectivity index (χ1n) is 6.76. The van der Waals surface area contributed by atoms with Crippen molar-refractivity contribution < 1.29 is 9.84 Å². The fraction of sp³-hybridized carbons (Fsp3) is 0.294. The van der Waals surface area contributed by atoms with E-state index in [4.69, 9.17) is 4.74 Å². The maximum Gasteiger partial charge on any atom is 0.123 e. The van der Waals surface area contributed by atoms with E-state index in [9.17, 15) is 5.11 Å². The van der Waals surface area contributed by atoms with Gasteiger partial charge in [-0.25, -0.2) is 0 Å². The first-order chi connectivity index (χ1) is 9.60. The van der Waals surface area contributed by atoms with Crippen LogP contribution in [0.25, 0.3) is 0 Å². The number of hydrogen-bond donors (Lipinski definition) is 2. The summed E-state index contributed by atoms with van der Waals surface area (Å²) in [5, 5.41) is 13.3. The van der Waals surface area contributed by atoms with E-state index in [2.05, 4.69) is 43.4 Å². The minimum atomic E-state index is 0.233. The van der Waals surface area contributed by atoms with Crippen LogP contribution >= 0.6 is 0 Å². The van der Waals surface area contributed by atoms with Crippen LogP contribution in [-0.2, 0) is 6.54 Å². The molecule has 0 fully saturated rings. The Morgan fingerprint density at radius 3 is 2.65 bits per heavy atom. The lowest BCUT2D eigenvalue weighted by Crippen LogP contribution is -2.18. The average Bonchev–Trinajstić information content (AvgIpc) is 2.45.